The molecule has 1 aromatic carbocycles. The molecular weight excluding hydrogens is 513 g/mol. The second-order valence-corrected chi connectivity index (χ2v) is 9.94. The van der Waals surface area contributed by atoms with Crippen LogP contribution in [0.25, 0.3) is 23.8 Å². The summed E-state index contributed by atoms with van der Waals surface area (Å²) in [6.07, 6.45) is 6.48. The molecule has 0 radical (unpaired) electrons. The van der Waals surface area contributed by atoms with Crippen molar-refractivity contribution in [3.63, 3.8) is 0 Å². The smallest absolute Gasteiger partial charge is 0.0479 e. The SMILES string of the molecule is Ic1ccc(C2=c3ccc([nH]3)=Cc3ccc([nH]3)C=c3ccc([nH]3)=Cc3ccc2s3)cc1. The third-order valence-electron chi connectivity index (χ3n) is 5.37. The number of hydrogen-bond acceptors (Lipinski definition) is 1. The molecule has 0 spiro atoms. The van der Waals surface area contributed by atoms with Gasteiger partial charge in [0.25, 0.3) is 0 Å². The summed E-state index contributed by atoms with van der Waals surface area (Å²) in [5, 5.41) is 4.37. The number of nitrogens with one attached hydrogen (secondary N) is 3. The average molecular weight is 531 g/mol. The minimum absolute atomic E-state index is 1.07. The van der Waals surface area contributed by atoms with Crippen molar-refractivity contribution in [3.05, 3.63) is 124 Å². The lowest BCUT2D eigenvalue weighted by Gasteiger charge is -2.05. The van der Waals surface area contributed by atoms with Crippen LogP contribution in [0.1, 0.15) is 26.7 Å². The molecule has 0 aliphatic carbocycles. The van der Waals surface area contributed by atoms with Gasteiger partial charge in [-0.1, -0.05) is 12.1 Å². The Bertz CT molecular complexity index is 1640. The average Bonchev–Trinajstić information content (AvgIpc) is 3.55. The van der Waals surface area contributed by atoms with Gasteiger partial charge in [-0.25, -0.2) is 0 Å². The van der Waals surface area contributed by atoms with Crippen LogP contribution in [0.15, 0.2) is 72.8 Å². The van der Waals surface area contributed by atoms with Gasteiger partial charge in [0.05, 0.1) is 0 Å². The summed E-state index contributed by atoms with van der Waals surface area (Å²) in [6, 6.07) is 25.9. The summed E-state index contributed by atoms with van der Waals surface area (Å²) in [4.78, 5) is 13.1. The molecule has 3 nitrogen and oxygen atoms in total. The zero-order chi connectivity index (χ0) is 20.8. The third-order valence-corrected chi connectivity index (χ3v) is 7.13. The van der Waals surface area contributed by atoms with Crippen molar-refractivity contribution < 1.29 is 0 Å². The fourth-order valence-corrected chi connectivity index (χ4v) is 5.34. The molecule has 0 amide bonds. The molecule has 4 aromatic heterocycles. The third kappa shape index (κ3) is 3.75. The van der Waals surface area contributed by atoms with E-state index in [1.807, 2.05) is 0 Å². The maximum absolute atomic E-state index is 3.62. The predicted octanol–water partition coefficient (Wildman–Crippen LogP) is 3.38. The highest BCUT2D eigenvalue weighted by molar-refractivity contribution is 14.1. The van der Waals surface area contributed by atoms with Crippen LogP contribution in [0, 0.1) is 3.57 Å². The normalized spacial score (nSPS) is 12.7. The quantitative estimate of drug-likeness (QED) is 0.273. The Balaban J connectivity index is 1.66. The minimum atomic E-state index is 1.07. The van der Waals surface area contributed by atoms with Gasteiger partial charge < -0.3 is 15.0 Å². The molecule has 0 saturated carbocycles. The summed E-state index contributed by atoms with van der Waals surface area (Å²) in [5.74, 6) is 0. The number of fused-ring (bicyclic) bond motifs is 8. The molecule has 1 aliphatic rings. The highest BCUT2D eigenvalue weighted by Gasteiger charge is 2.10. The molecule has 31 heavy (non-hydrogen) atoms. The molecule has 6 rings (SSSR count). The van der Waals surface area contributed by atoms with E-state index in [0.717, 1.165) is 32.8 Å². The van der Waals surface area contributed by atoms with Crippen molar-refractivity contribution >= 4 is 57.7 Å². The number of H-pyrrole nitrogens is 3. The zero-order valence-corrected chi connectivity index (χ0v) is 19.4. The van der Waals surface area contributed by atoms with E-state index in [1.54, 1.807) is 11.3 Å². The van der Waals surface area contributed by atoms with Gasteiger partial charge in [-0.2, -0.15) is 0 Å². The molecule has 8 bridgehead atoms. The van der Waals surface area contributed by atoms with E-state index in [0.29, 0.717) is 0 Å². The predicted molar refractivity (Wildman–Crippen MR) is 137 cm³/mol. The van der Waals surface area contributed by atoms with Crippen molar-refractivity contribution in [2.24, 2.45) is 0 Å². The van der Waals surface area contributed by atoms with Gasteiger partial charge in [0.1, 0.15) is 0 Å². The lowest BCUT2D eigenvalue weighted by Crippen LogP contribution is -2.14. The first kappa shape index (κ1) is 18.7. The topological polar surface area (TPSA) is 47.4 Å². The number of aromatic nitrogens is 3. The van der Waals surface area contributed by atoms with Gasteiger partial charge in [0.15, 0.2) is 0 Å². The Morgan fingerprint density at radius 3 is 2.03 bits per heavy atom. The van der Waals surface area contributed by atoms with E-state index in [1.165, 1.54) is 24.5 Å². The summed E-state index contributed by atoms with van der Waals surface area (Å²) in [5.41, 5.74) is 4.57. The Labute approximate surface area is 196 Å². The Morgan fingerprint density at radius 1 is 0.581 bits per heavy atom. The fourth-order valence-electron chi connectivity index (χ4n) is 3.94. The lowest BCUT2D eigenvalue weighted by molar-refractivity contribution is 1.24. The maximum atomic E-state index is 3.62. The van der Waals surface area contributed by atoms with Crippen molar-refractivity contribution in [3.8, 4) is 0 Å². The van der Waals surface area contributed by atoms with Crippen LogP contribution in [0.3, 0.4) is 0 Å². The van der Waals surface area contributed by atoms with E-state index in [-0.39, 0.29) is 0 Å². The van der Waals surface area contributed by atoms with E-state index in [4.69, 9.17) is 0 Å². The molecule has 3 N–H and O–H groups in total. The Hall–Kier alpha value is -3.03. The van der Waals surface area contributed by atoms with Gasteiger partial charge in [0.2, 0.25) is 0 Å². The van der Waals surface area contributed by atoms with Gasteiger partial charge >= 0.3 is 0 Å². The second-order valence-electron chi connectivity index (χ2n) is 7.58. The molecule has 5 heteroatoms. The number of benzene rings is 1. The molecule has 0 saturated heterocycles. The van der Waals surface area contributed by atoms with Crippen LogP contribution in [-0.2, 0) is 0 Å². The summed E-state index contributed by atoms with van der Waals surface area (Å²) < 4.78 is 1.23. The first-order valence-electron chi connectivity index (χ1n) is 10.0. The zero-order valence-electron chi connectivity index (χ0n) is 16.4. The van der Waals surface area contributed by atoms with E-state index >= 15 is 0 Å². The van der Waals surface area contributed by atoms with Crippen LogP contribution in [0.5, 0.6) is 0 Å². The van der Waals surface area contributed by atoms with Crippen LogP contribution in [-0.4, -0.2) is 15.0 Å². The highest BCUT2D eigenvalue weighted by Crippen LogP contribution is 2.28. The molecule has 0 atom stereocenters. The molecule has 5 heterocycles. The minimum Gasteiger partial charge on any atom is -0.355 e. The number of halogens is 1. The van der Waals surface area contributed by atoms with E-state index in [9.17, 15) is 0 Å². The standard InChI is InChI=1S/C26H18IN3S/c27-17-3-1-16(2-4-17)26-24-11-9-21(30-24)14-20-6-5-18(28-20)13-19-7-8-22(29-19)15-23-10-12-25(26)31-23/h1-15,28-30H. The summed E-state index contributed by atoms with van der Waals surface area (Å²) >= 11 is 4.16. The number of rotatable bonds is 1. The van der Waals surface area contributed by atoms with Crippen molar-refractivity contribution in [1.82, 2.24) is 15.0 Å². The fraction of sp³-hybridized carbons (Fsp3) is 0. The van der Waals surface area contributed by atoms with Crippen LogP contribution in [0.2, 0.25) is 0 Å². The van der Waals surface area contributed by atoms with Gasteiger partial charge in [-0.15, -0.1) is 11.3 Å². The maximum Gasteiger partial charge on any atom is 0.0479 e. The monoisotopic (exact) mass is 531 g/mol. The van der Waals surface area contributed by atoms with E-state index < -0.39 is 0 Å². The number of hydrogen-bond donors (Lipinski definition) is 3. The van der Waals surface area contributed by atoms with Gasteiger partial charge in [0, 0.05) is 51.7 Å². The van der Waals surface area contributed by atoms with Crippen LogP contribution < -0.4 is 21.4 Å². The molecule has 0 fully saturated rings. The first-order valence-corrected chi connectivity index (χ1v) is 11.9. The molecule has 1 aliphatic heterocycles. The lowest BCUT2D eigenvalue weighted by atomic mass is 10.0. The number of aromatic amines is 3. The first-order chi connectivity index (χ1) is 15.2. The molecule has 5 aromatic rings. The van der Waals surface area contributed by atoms with Gasteiger partial charge in [-0.05, 0) is 107 Å². The van der Waals surface area contributed by atoms with E-state index in [2.05, 4.69) is 129 Å². The van der Waals surface area contributed by atoms with Gasteiger partial charge in [-0.3, -0.25) is 0 Å². The largest absolute Gasteiger partial charge is 0.355 e. The van der Waals surface area contributed by atoms with Crippen LogP contribution >= 0.6 is 33.9 Å². The Morgan fingerprint density at radius 2 is 1.26 bits per heavy atom. The highest BCUT2D eigenvalue weighted by atomic mass is 127. The Kier molecular flexibility index (Phi) is 4.58. The second kappa shape index (κ2) is 7.59. The molecule has 150 valence electrons. The van der Waals surface area contributed by atoms with Crippen molar-refractivity contribution in [2.45, 2.75) is 0 Å². The molecular formula is C26H18IN3S. The number of thiophene rings is 1. The van der Waals surface area contributed by atoms with Crippen molar-refractivity contribution in [1.29, 1.82) is 0 Å². The summed E-state index contributed by atoms with van der Waals surface area (Å²) in [6.45, 7) is 0. The van der Waals surface area contributed by atoms with Crippen LogP contribution in [0.4, 0.5) is 0 Å². The molecule has 0 unspecified atom stereocenters. The summed E-state index contributed by atoms with van der Waals surface area (Å²) in [7, 11) is 0. The van der Waals surface area contributed by atoms with Crippen molar-refractivity contribution in [2.75, 3.05) is 0 Å².